The van der Waals surface area contributed by atoms with Crippen LogP contribution in [-0.4, -0.2) is 34.9 Å². The van der Waals surface area contributed by atoms with Crippen LogP contribution in [0.1, 0.15) is 32.1 Å². The maximum absolute atomic E-state index is 10.8. The van der Waals surface area contributed by atoms with Gasteiger partial charge in [-0.1, -0.05) is 0 Å². The van der Waals surface area contributed by atoms with Crippen molar-refractivity contribution in [3.63, 3.8) is 0 Å². The highest BCUT2D eigenvalue weighted by Gasteiger charge is 2.48. The average molecular weight is 263 g/mol. The summed E-state index contributed by atoms with van der Waals surface area (Å²) in [5, 5.41) is 17.2. The molecule has 0 radical (unpaired) electrons. The Morgan fingerprint density at radius 2 is 2.05 bits per heavy atom. The Bertz CT molecular complexity index is 446. The molecule has 5 heteroatoms. The van der Waals surface area contributed by atoms with Crippen molar-refractivity contribution in [3.8, 4) is 0 Å². The Balaban J connectivity index is 1.63. The number of carbonyl (C=O) groups is 1. The summed E-state index contributed by atoms with van der Waals surface area (Å²) >= 11 is 0. The van der Waals surface area contributed by atoms with Gasteiger partial charge in [-0.15, -0.1) is 0 Å². The lowest BCUT2D eigenvalue weighted by atomic mass is 9.60. The van der Waals surface area contributed by atoms with Crippen LogP contribution in [0.4, 0.5) is 0 Å². The first-order chi connectivity index (χ1) is 9.06. The summed E-state index contributed by atoms with van der Waals surface area (Å²) in [6.07, 6.45) is 4.33. The van der Waals surface area contributed by atoms with Gasteiger partial charge in [-0.25, -0.2) is 0 Å². The zero-order chi connectivity index (χ0) is 13.6. The molecule has 2 saturated heterocycles. The third-order valence-corrected chi connectivity index (χ3v) is 5.00. The van der Waals surface area contributed by atoms with Crippen molar-refractivity contribution >= 4 is 11.8 Å². The van der Waals surface area contributed by atoms with E-state index in [9.17, 15) is 4.79 Å². The normalized spacial score (nSPS) is 33.3. The summed E-state index contributed by atoms with van der Waals surface area (Å²) in [6.45, 7) is 1.67. The van der Waals surface area contributed by atoms with Crippen molar-refractivity contribution in [1.29, 1.82) is 5.41 Å². The summed E-state index contributed by atoms with van der Waals surface area (Å²) in [5.74, 6) is 1.15. The van der Waals surface area contributed by atoms with Gasteiger partial charge in [0.1, 0.15) is 5.84 Å². The fraction of sp³-hybridized carbons (Fsp3) is 0.714. The van der Waals surface area contributed by atoms with E-state index in [0.29, 0.717) is 30.0 Å². The summed E-state index contributed by atoms with van der Waals surface area (Å²) in [4.78, 5) is 12.9. The van der Waals surface area contributed by atoms with Gasteiger partial charge in [0.2, 0.25) is 0 Å². The fourth-order valence-electron chi connectivity index (χ4n) is 3.93. The lowest BCUT2D eigenvalue weighted by Gasteiger charge is -2.54. The Hall–Kier alpha value is -1.52. The van der Waals surface area contributed by atoms with E-state index in [1.54, 1.807) is 0 Å². The lowest BCUT2D eigenvalue weighted by molar-refractivity contribution is -0.142. The molecule has 2 bridgehead atoms. The molecule has 0 aromatic heterocycles. The minimum absolute atomic E-state index is 0.293. The summed E-state index contributed by atoms with van der Waals surface area (Å²) in [7, 11) is 0. The van der Waals surface area contributed by atoms with Gasteiger partial charge in [-0.3, -0.25) is 10.2 Å². The van der Waals surface area contributed by atoms with Gasteiger partial charge >= 0.3 is 5.97 Å². The molecule has 0 aromatic rings. The monoisotopic (exact) mass is 263 g/mol. The molecular formula is C14H21N3O2. The van der Waals surface area contributed by atoms with Crippen LogP contribution in [0.3, 0.4) is 0 Å². The average Bonchev–Trinajstić information content (AvgIpc) is 2.81. The number of carboxylic acids is 1. The zero-order valence-electron chi connectivity index (χ0n) is 11.1. The van der Waals surface area contributed by atoms with Crippen LogP contribution in [-0.2, 0) is 4.79 Å². The van der Waals surface area contributed by atoms with Crippen LogP contribution < -0.4 is 5.73 Å². The van der Waals surface area contributed by atoms with Crippen molar-refractivity contribution in [1.82, 2.24) is 4.90 Å². The molecule has 4 N–H and O–H groups in total. The number of nitrogens with zero attached hydrogens (tertiary/aromatic N) is 1. The van der Waals surface area contributed by atoms with Crippen LogP contribution in [0.15, 0.2) is 11.3 Å². The van der Waals surface area contributed by atoms with E-state index in [-0.39, 0.29) is 0 Å². The van der Waals surface area contributed by atoms with Crippen molar-refractivity contribution in [2.45, 2.75) is 32.1 Å². The maximum Gasteiger partial charge on any atom is 0.303 e. The van der Waals surface area contributed by atoms with Crippen LogP contribution in [0.5, 0.6) is 0 Å². The maximum atomic E-state index is 10.8. The van der Waals surface area contributed by atoms with Crippen LogP contribution >= 0.6 is 0 Å². The Morgan fingerprint density at radius 1 is 1.37 bits per heavy atom. The fourth-order valence-corrected chi connectivity index (χ4v) is 3.93. The minimum atomic E-state index is -0.689. The van der Waals surface area contributed by atoms with Crippen molar-refractivity contribution in [3.05, 3.63) is 11.3 Å². The number of hydrogen-bond donors (Lipinski definition) is 3. The molecule has 5 nitrogen and oxygen atoms in total. The Morgan fingerprint density at radius 3 is 2.58 bits per heavy atom. The van der Waals surface area contributed by atoms with E-state index in [1.165, 1.54) is 0 Å². The van der Waals surface area contributed by atoms with E-state index in [4.69, 9.17) is 16.2 Å². The highest BCUT2D eigenvalue weighted by atomic mass is 16.4. The first-order valence-electron chi connectivity index (χ1n) is 7.09. The van der Waals surface area contributed by atoms with Crippen LogP contribution in [0, 0.1) is 23.2 Å². The molecule has 19 heavy (non-hydrogen) atoms. The standard InChI is InChI=1S/C14H21N3O2/c15-12-3-1-2-10(12)14(16)17-6-8-4-9(7-17)11(8)5-13(18)19/h8-9,11,16H,1-7,15H2,(H,18,19). The van der Waals surface area contributed by atoms with E-state index in [2.05, 4.69) is 4.90 Å². The number of rotatable bonds is 3. The molecule has 0 spiro atoms. The van der Waals surface area contributed by atoms with Gasteiger partial charge in [-0.2, -0.15) is 0 Å². The molecule has 2 heterocycles. The number of nitrogens with two attached hydrogens (primary N) is 1. The second-order valence-electron chi connectivity index (χ2n) is 6.13. The summed E-state index contributed by atoms with van der Waals surface area (Å²) in [5.41, 5.74) is 7.87. The van der Waals surface area contributed by atoms with Gasteiger partial charge in [0.15, 0.2) is 0 Å². The number of piperidine rings is 2. The zero-order valence-corrected chi connectivity index (χ0v) is 11.1. The third-order valence-electron chi connectivity index (χ3n) is 5.00. The molecule has 0 aromatic carbocycles. The third kappa shape index (κ3) is 2.11. The highest BCUT2D eigenvalue weighted by molar-refractivity contribution is 5.97. The molecule has 2 aliphatic heterocycles. The quantitative estimate of drug-likeness (QED) is 0.530. The summed E-state index contributed by atoms with van der Waals surface area (Å²) < 4.78 is 0. The molecule has 0 amide bonds. The van der Waals surface area contributed by atoms with Crippen molar-refractivity contribution in [2.75, 3.05) is 13.1 Å². The topological polar surface area (TPSA) is 90.4 Å². The van der Waals surface area contributed by atoms with Gasteiger partial charge in [0, 0.05) is 30.8 Å². The highest BCUT2D eigenvalue weighted by Crippen LogP contribution is 2.47. The predicted molar refractivity (Wildman–Crippen MR) is 71.7 cm³/mol. The number of fused-ring (bicyclic) bond motifs is 2. The van der Waals surface area contributed by atoms with Crippen LogP contribution in [0.2, 0.25) is 0 Å². The SMILES string of the molecule is N=C(C1=C(N)CCC1)N1CC2CC(C1)C2CC(=O)O. The van der Waals surface area contributed by atoms with Gasteiger partial charge in [0.25, 0.3) is 0 Å². The van der Waals surface area contributed by atoms with Gasteiger partial charge in [-0.05, 0) is 43.4 Å². The molecule has 104 valence electrons. The minimum Gasteiger partial charge on any atom is -0.481 e. The number of nitrogens with one attached hydrogen (secondary N) is 1. The molecule has 4 aliphatic rings. The van der Waals surface area contributed by atoms with E-state index in [1.807, 2.05) is 0 Å². The number of carboxylic acid groups (broad SMARTS) is 1. The largest absolute Gasteiger partial charge is 0.481 e. The first-order valence-corrected chi connectivity index (χ1v) is 7.09. The first kappa shape index (κ1) is 12.5. The number of aliphatic carboxylic acids is 1. The number of allylic oxidation sites excluding steroid dienone is 1. The molecule has 2 unspecified atom stereocenters. The lowest BCUT2D eigenvalue weighted by Crippen LogP contribution is -2.57. The molecule has 3 fully saturated rings. The second-order valence-corrected chi connectivity index (χ2v) is 6.13. The van der Waals surface area contributed by atoms with E-state index in [0.717, 1.165) is 50.0 Å². The predicted octanol–water partition coefficient (Wildman–Crippen LogP) is 1.40. The Kier molecular flexibility index (Phi) is 2.99. The molecule has 2 aliphatic carbocycles. The smallest absolute Gasteiger partial charge is 0.303 e. The Labute approximate surface area is 113 Å². The van der Waals surface area contributed by atoms with E-state index >= 15 is 0 Å². The molecule has 4 rings (SSSR count). The van der Waals surface area contributed by atoms with Gasteiger partial charge in [0.05, 0.1) is 0 Å². The van der Waals surface area contributed by atoms with Crippen molar-refractivity contribution in [2.24, 2.45) is 23.5 Å². The number of amidine groups is 1. The van der Waals surface area contributed by atoms with E-state index < -0.39 is 5.97 Å². The molecule has 2 atom stereocenters. The number of hydrogen-bond acceptors (Lipinski definition) is 3. The molecule has 1 saturated carbocycles. The summed E-state index contributed by atoms with van der Waals surface area (Å²) in [6, 6.07) is 0. The molecular weight excluding hydrogens is 242 g/mol. The van der Waals surface area contributed by atoms with Crippen LogP contribution in [0.25, 0.3) is 0 Å². The van der Waals surface area contributed by atoms with Crippen molar-refractivity contribution < 1.29 is 9.90 Å². The second kappa shape index (κ2) is 4.54. The van der Waals surface area contributed by atoms with Gasteiger partial charge < -0.3 is 15.7 Å².